The monoisotopic (exact) mass is 388 g/mol. The summed E-state index contributed by atoms with van der Waals surface area (Å²) >= 11 is 2.56. The van der Waals surface area contributed by atoms with E-state index in [2.05, 4.69) is 54.6 Å². The van der Waals surface area contributed by atoms with Crippen LogP contribution in [0.5, 0.6) is 5.75 Å². The van der Waals surface area contributed by atoms with Gasteiger partial charge in [-0.25, -0.2) is 0 Å². The van der Waals surface area contributed by atoms with E-state index in [9.17, 15) is 0 Å². The molecule has 3 atom stereocenters. The number of rotatable bonds is 7. The van der Waals surface area contributed by atoms with Crippen LogP contribution in [-0.4, -0.2) is 16.8 Å². The molecule has 1 aromatic carbocycles. The summed E-state index contributed by atoms with van der Waals surface area (Å²) in [6.45, 7) is 9.31. The van der Waals surface area contributed by atoms with Gasteiger partial charge >= 0.3 is 0 Å². The van der Waals surface area contributed by atoms with Crippen LogP contribution in [0.3, 0.4) is 0 Å². The van der Waals surface area contributed by atoms with E-state index in [0.717, 1.165) is 5.75 Å². The Morgan fingerprint density at radius 1 is 1.30 bits per heavy atom. The highest BCUT2D eigenvalue weighted by atomic mass is 127. The van der Waals surface area contributed by atoms with Crippen molar-refractivity contribution >= 4 is 22.6 Å². The molecule has 2 nitrogen and oxygen atoms in total. The molecule has 0 heterocycles. The van der Waals surface area contributed by atoms with Crippen LogP contribution in [0.15, 0.2) is 24.3 Å². The van der Waals surface area contributed by atoms with Crippen LogP contribution in [0, 0.1) is 5.41 Å². The van der Waals surface area contributed by atoms with Crippen LogP contribution < -0.4 is 4.74 Å². The second kappa shape index (κ2) is 6.65. The molecular weight excluding hydrogens is 363 g/mol. The fraction of sp³-hybridized carbons (Fsp3) is 0.647. The first-order chi connectivity index (χ1) is 9.46. The molecule has 1 saturated carbocycles. The predicted molar refractivity (Wildman–Crippen MR) is 91.7 cm³/mol. The average molecular weight is 388 g/mol. The first-order valence-electron chi connectivity index (χ1n) is 7.48. The molecule has 3 unspecified atom stereocenters. The van der Waals surface area contributed by atoms with Crippen molar-refractivity contribution < 1.29 is 9.47 Å². The van der Waals surface area contributed by atoms with E-state index in [1.165, 1.54) is 18.4 Å². The van der Waals surface area contributed by atoms with E-state index in [0.29, 0.717) is 21.9 Å². The van der Waals surface area contributed by atoms with Crippen LogP contribution in [-0.2, 0) is 4.74 Å². The van der Waals surface area contributed by atoms with Gasteiger partial charge in [0.05, 0.1) is 0 Å². The summed E-state index contributed by atoms with van der Waals surface area (Å²) in [6.07, 6.45) is 2.49. The summed E-state index contributed by atoms with van der Waals surface area (Å²) in [4.78, 5) is 0. The van der Waals surface area contributed by atoms with Gasteiger partial charge in [0.2, 0.25) is 0 Å². The van der Waals surface area contributed by atoms with Crippen LogP contribution in [0.4, 0.5) is 0 Å². The molecule has 0 aliphatic heterocycles. The molecule has 0 bridgehead atoms. The molecule has 3 heteroatoms. The van der Waals surface area contributed by atoms with Crippen molar-refractivity contribution in [3.63, 3.8) is 0 Å². The Balaban J connectivity index is 2.15. The number of hydrogen-bond donors (Lipinski definition) is 0. The molecule has 0 spiro atoms. The highest BCUT2D eigenvalue weighted by Crippen LogP contribution is 2.58. The summed E-state index contributed by atoms with van der Waals surface area (Å²) in [6, 6.07) is 8.55. The Hall–Kier alpha value is -0.290. The lowest BCUT2D eigenvalue weighted by molar-refractivity contribution is -0.0613. The number of alkyl halides is 1. The topological polar surface area (TPSA) is 18.5 Å². The fourth-order valence-electron chi connectivity index (χ4n) is 2.97. The Labute approximate surface area is 136 Å². The van der Waals surface area contributed by atoms with Gasteiger partial charge in [0.1, 0.15) is 5.75 Å². The molecule has 1 aliphatic carbocycles. The van der Waals surface area contributed by atoms with Crippen molar-refractivity contribution in [1.29, 1.82) is 0 Å². The lowest BCUT2D eigenvalue weighted by Gasteiger charge is -2.27. The minimum Gasteiger partial charge on any atom is -0.465 e. The van der Waals surface area contributed by atoms with Crippen LogP contribution in [0.1, 0.15) is 52.0 Å². The van der Waals surface area contributed by atoms with E-state index >= 15 is 0 Å². The van der Waals surface area contributed by atoms with Crippen molar-refractivity contribution in [2.75, 3.05) is 6.61 Å². The molecular formula is C17H25IO2. The summed E-state index contributed by atoms with van der Waals surface area (Å²) in [5.74, 6) is 1.52. The van der Waals surface area contributed by atoms with Crippen molar-refractivity contribution in [3.05, 3.63) is 29.8 Å². The summed E-state index contributed by atoms with van der Waals surface area (Å²) in [7, 11) is 0. The lowest BCUT2D eigenvalue weighted by Crippen LogP contribution is -2.19. The van der Waals surface area contributed by atoms with Gasteiger partial charge < -0.3 is 9.47 Å². The normalized spacial score (nSPS) is 21.1. The highest BCUT2D eigenvalue weighted by molar-refractivity contribution is 14.1. The number of benzene rings is 1. The first-order valence-corrected chi connectivity index (χ1v) is 8.73. The second-order valence-corrected chi connectivity index (χ2v) is 7.99. The van der Waals surface area contributed by atoms with Gasteiger partial charge in [0.15, 0.2) is 6.29 Å². The van der Waals surface area contributed by atoms with Gasteiger partial charge in [-0.3, -0.25) is 0 Å². The molecule has 112 valence electrons. The summed E-state index contributed by atoms with van der Waals surface area (Å²) in [5.41, 5.74) is 1.87. The zero-order valence-electron chi connectivity index (χ0n) is 12.9. The predicted octanol–water partition coefficient (Wildman–Crippen LogP) is 5.16. The maximum atomic E-state index is 5.83. The Morgan fingerprint density at radius 3 is 2.55 bits per heavy atom. The van der Waals surface area contributed by atoms with Crippen molar-refractivity contribution in [2.45, 2.75) is 56.7 Å². The molecule has 0 N–H and O–H groups in total. The molecule has 0 amide bonds. The van der Waals surface area contributed by atoms with E-state index < -0.39 is 0 Å². The molecule has 1 fully saturated rings. The fourth-order valence-corrected chi connectivity index (χ4v) is 4.26. The summed E-state index contributed by atoms with van der Waals surface area (Å²) < 4.78 is 11.9. The third-order valence-corrected chi connectivity index (χ3v) is 4.89. The highest BCUT2D eigenvalue weighted by Gasteiger charge is 2.47. The lowest BCUT2D eigenvalue weighted by atomic mass is 9.82. The Kier molecular flexibility index (Phi) is 5.35. The zero-order valence-corrected chi connectivity index (χ0v) is 15.0. The van der Waals surface area contributed by atoms with Crippen molar-refractivity contribution in [2.24, 2.45) is 5.41 Å². The van der Waals surface area contributed by atoms with E-state index in [1.807, 2.05) is 19.9 Å². The zero-order chi connectivity index (χ0) is 14.8. The minimum atomic E-state index is -0.192. The van der Waals surface area contributed by atoms with Crippen molar-refractivity contribution in [3.8, 4) is 5.75 Å². The number of ether oxygens (including phenoxy) is 2. The standard InChI is InChI=1S/C17H25IO2/c1-5-19-13(3)20-15-8-6-7-14(11-15)16(12(2)18)17(4)9-10-17/h6-8,11-13,16H,5,9-10H2,1-4H3. The van der Waals surface area contributed by atoms with Gasteiger partial charge in [-0.1, -0.05) is 48.6 Å². The Bertz CT molecular complexity index is 440. The summed E-state index contributed by atoms with van der Waals surface area (Å²) in [5, 5.41) is 0. The van der Waals surface area contributed by atoms with Crippen LogP contribution >= 0.6 is 22.6 Å². The third kappa shape index (κ3) is 3.88. The molecule has 0 aromatic heterocycles. The van der Waals surface area contributed by atoms with Gasteiger partial charge in [0, 0.05) is 16.4 Å². The molecule has 2 rings (SSSR count). The van der Waals surface area contributed by atoms with Gasteiger partial charge in [-0.15, -0.1) is 0 Å². The molecule has 0 radical (unpaired) electrons. The smallest absolute Gasteiger partial charge is 0.196 e. The molecule has 20 heavy (non-hydrogen) atoms. The van der Waals surface area contributed by atoms with E-state index in [4.69, 9.17) is 9.47 Å². The van der Waals surface area contributed by atoms with Gasteiger partial charge in [-0.2, -0.15) is 0 Å². The van der Waals surface area contributed by atoms with E-state index in [1.54, 1.807) is 0 Å². The van der Waals surface area contributed by atoms with Crippen molar-refractivity contribution in [1.82, 2.24) is 0 Å². The maximum Gasteiger partial charge on any atom is 0.196 e. The quantitative estimate of drug-likeness (QED) is 0.365. The average Bonchev–Trinajstić information content (AvgIpc) is 3.08. The largest absolute Gasteiger partial charge is 0.465 e. The van der Waals surface area contributed by atoms with Crippen LogP contribution in [0.2, 0.25) is 0 Å². The third-order valence-electron chi connectivity index (χ3n) is 4.17. The second-order valence-electron chi connectivity index (χ2n) is 6.02. The van der Waals surface area contributed by atoms with Gasteiger partial charge in [-0.05, 0) is 49.8 Å². The van der Waals surface area contributed by atoms with Crippen LogP contribution in [0.25, 0.3) is 0 Å². The number of halogens is 1. The first kappa shape index (κ1) is 16.1. The molecule has 1 aliphatic rings. The molecule has 0 saturated heterocycles. The molecule has 1 aromatic rings. The van der Waals surface area contributed by atoms with E-state index in [-0.39, 0.29) is 6.29 Å². The Morgan fingerprint density at radius 2 is 2.00 bits per heavy atom. The number of hydrogen-bond acceptors (Lipinski definition) is 2. The SMILES string of the molecule is CCOC(C)Oc1cccc(C(C(C)I)C2(C)CC2)c1. The maximum absolute atomic E-state index is 5.83. The minimum absolute atomic E-state index is 0.192. The van der Waals surface area contributed by atoms with Gasteiger partial charge in [0.25, 0.3) is 0 Å².